The summed E-state index contributed by atoms with van der Waals surface area (Å²) in [5.74, 6) is -3.48. The maximum Gasteiger partial charge on any atom is 0.166 e. The summed E-state index contributed by atoms with van der Waals surface area (Å²) in [6.45, 7) is 0. The molecule has 1 aromatic rings. The number of hydrogen-bond donors (Lipinski definition) is 0. The quantitative estimate of drug-likeness (QED) is 0.461. The summed E-state index contributed by atoms with van der Waals surface area (Å²) in [4.78, 5) is 0. The van der Waals surface area contributed by atoms with E-state index < -0.39 is 23.0 Å². The van der Waals surface area contributed by atoms with Crippen LogP contribution in [0.2, 0.25) is 0 Å². The molecule has 0 aromatic heterocycles. The van der Waals surface area contributed by atoms with E-state index in [1.165, 1.54) is 0 Å². The van der Waals surface area contributed by atoms with Crippen molar-refractivity contribution in [2.75, 3.05) is 0 Å². The number of hydrogen-bond acceptors (Lipinski definition) is 0. The maximum atomic E-state index is 12.6. The highest BCUT2D eigenvalue weighted by atomic mass is 35.5. The van der Waals surface area contributed by atoms with Crippen LogP contribution in [-0.4, -0.2) is 0 Å². The summed E-state index contributed by atoms with van der Waals surface area (Å²) in [5, 5.41) is 0. The molecule has 0 radical (unpaired) electrons. The van der Waals surface area contributed by atoms with Gasteiger partial charge in [0.05, 0.1) is 5.88 Å². The Balaban J connectivity index is 3.29. The summed E-state index contributed by atoms with van der Waals surface area (Å²) < 4.78 is 37.4. The SMILES string of the molecule is Fc1ccc(F)c(CCl)c1F. The van der Waals surface area contributed by atoms with E-state index in [1.807, 2.05) is 0 Å². The zero-order valence-corrected chi connectivity index (χ0v) is 6.13. The summed E-state index contributed by atoms with van der Waals surface area (Å²) in [6, 6.07) is 1.57. The Bertz CT molecular complexity index is 273. The van der Waals surface area contributed by atoms with Gasteiger partial charge >= 0.3 is 0 Å². The van der Waals surface area contributed by atoms with Gasteiger partial charge in [-0.15, -0.1) is 11.6 Å². The van der Waals surface area contributed by atoms with Gasteiger partial charge < -0.3 is 0 Å². The Morgan fingerprint density at radius 1 is 1.09 bits per heavy atom. The third kappa shape index (κ3) is 1.48. The van der Waals surface area contributed by atoms with Crippen LogP contribution >= 0.6 is 11.6 Å². The van der Waals surface area contributed by atoms with Gasteiger partial charge in [-0.05, 0) is 12.1 Å². The average molecular weight is 181 g/mol. The van der Waals surface area contributed by atoms with E-state index in [2.05, 4.69) is 0 Å². The second kappa shape index (κ2) is 3.13. The lowest BCUT2D eigenvalue weighted by Crippen LogP contribution is -1.95. The number of benzene rings is 1. The smallest absolute Gasteiger partial charge is 0.166 e. The standard InChI is InChI=1S/C7H4ClF3/c8-3-4-5(9)1-2-6(10)7(4)11/h1-2H,3H2. The van der Waals surface area contributed by atoms with Gasteiger partial charge in [0, 0.05) is 5.56 Å². The summed E-state index contributed by atoms with van der Waals surface area (Å²) in [7, 11) is 0. The third-order valence-corrected chi connectivity index (χ3v) is 1.54. The molecule has 0 atom stereocenters. The predicted molar refractivity (Wildman–Crippen MR) is 35.9 cm³/mol. The van der Waals surface area contributed by atoms with Crippen molar-refractivity contribution in [2.45, 2.75) is 5.88 Å². The number of rotatable bonds is 1. The van der Waals surface area contributed by atoms with Crippen molar-refractivity contribution in [1.82, 2.24) is 0 Å². The van der Waals surface area contributed by atoms with Gasteiger partial charge in [-0.25, -0.2) is 13.2 Å². The number of alkyl halides is 1. The van der Waals surface area contributed by atoms with E-state index in [0.717, 1.165) is 12.1 Å². The van der Waals surface area contributed by atoms with Crippen LogP contribution < -0.4 is 0 Å². The number of halogens is 4. The van der Waals surface area contributed by atoms with Gasteiger partial charge in [0.25, 0.3) is 0 Å². The molecule has 0 aliphatic heterocycles. The Morgan fingerprint density at radius 3 is 2.09 bits per heavy atom. The normalized spacial score (nSPS) is 10.2. The van der Waals surface area contributed by atoms with E-state index >= 15 is 0 Å². The van der Waals surface area contributed by atoms with Crippen LogP contribution in [0, 0.1) is 17.5 Å². The Hall–Kier alpha value is -0.700. The fourth-order valence-electron chi connectivity index (χ4n) is 0.692. The lowest BCUT2D eigenvalue weighted by molar-refractivity contribution is 0.485. The van der Waals surface area contributed by atoms with Crippen molar-refractivity contribution in [2.24, 2.45) is 0 Å². The fraction of sp³-hybridized carbons (Fsp3) is 0.143. The molecule has 0 N–H and O–H groups in total. The van der Waals surface area contributed by atoms with E-state index in [4.69, 9.17) is 11.6 Å². The second-order valence-corrected chi connectivity index (χ2v) is 2.22. The molecule has 1 rings (SSSR count). The minimum Gasteiger partial charge on any atom is -0.207 e. The molecule has 0 aliphatic rings. The molecule has 0 saturated heterocycles. The molecular formula is C7H4ClF3. The Labute approximate surface area is 66.6 Å². The van der Waals surface area contributed by atoms with Gasteiger partial charge in [-0.1, -0.05) is 0 Å². The highest BCUT2D eigenvalue weighted by Crippen LogP contribution is 2.17. The predicted octanol–water partition coefficient (Wildman–Crippen LogP) is 2.84. The Morgan fingerprint density at radius 2 is 1.64 bits per heavy atom. The van der Waals surface area contributed by atoms with Crippen LogP contribution in [0.25, 0.3) is 0 Å². The lowest BCUT2D eigenvalue weighted by atomic mass is 10.2. The second-order valence-electron chi connectivity index (χ2n) is 1.96. The summed E-state index contributed by atoms with van der Waals surface area (Å²) in [5.41, 5.74) is -0.424. The van der Waals surface area contributed by atoms with Crippen LogP contribution in [0.15, 0.2) is 12.1 Å². The molecule has 0 aliphatic carbocycles. The van der Waals surface area contributed by atoms with Crippen molar-refractivity contribution in [1.29, 1.82) is 0 Å². The van der Waals surface area contributed by atoms with Crippen LogP contribution in [0.5, 0.6) is 0 Å². The zero-order chi connectivity index (χ0) is 8.43. The maximum absolute atomic E-state index is 12.6. The van der Waals surface area contributed by atoms with Crippen molar-refractivity contribution in [3.8, 4) is 0 Å². The van der Waals surface area contributed by atoms with Crippen molar-refractivity contribution in [3.05, 3.63) is 35.1 Å². The van der Waals surface area contributed by atoms with Crippen molar-refractivity contribution >= 4 is 11.6 Å². The van der Waals surface area contributed by atoms with E-state index in [9.17, 15) is 13.2 Å². The molecule has 11 heavy (non-hydrogen) atoms. The molecule has 0 fully saturated rings. The first kappa shape index (κ1) is 8.40. The lowest BCUT2D eigenvalue weighted by Gasteiger charge is -1.99. The minimum absolute atomic E-state index is 0.366. The van der Waals surface area contributed by atoms with Crippen LogP contribution in [0.4, 0.5) is 13.2 Å². The average Bonchev–Trinajstić information content (AvgIpc) is 1.99. The highest BCUT2D eigenvalue weighted by Gasteiger charge is 2.11. The monoisotopic (exact) mass is 180 g/mol. The first-order valence-electron chi connectivity index (χ1n) is 2.85. The van der Waals surface area contributed by atoms with Gasteiger partial charge in [-0.3, -0.25) is 0 Å². The van der Waals surface area contributed by atoms with E-state index in [1.54, 1.807) is 0 Å². The molecule has 0 amide bonds. The first-order valence-corrected chi connectivity index (χ1v) is 3.38. The van der Waals surface area contributed by atoms with Gasteiger partial charge in [0.15, 0.2) is 11.6 Å². The first-order chi connectivity index (χ1) is 5.16. The summed E-state index contributed by atoms with van der Waals surface area (Å²) in [6.07, 6.45) is 0. The molecule has 0 saturated carbocycles. The summed E-state index contributed by atoms with van der Waals surface area (Å²) >= 11 is 5.16. The third-order valence-electron chi connectivity index (χ3n) is 1.27. The van der Waals surface area contributed by atoms with Gasteiger partial charge in [-0.2, -0.15) is 0 Å². The topological polar surface area (TPSA) is 0 Å². The Kier molecular flexibility index (Phi) is 2.39. The molecule has 4 heteroatoms. The van der Waals surface area contributed by atoms with Gasteiger partial charge in [0.1, 0.15) is 5.82 Å². The van der Waals surface area contributed by atoms with Crippen LogP contribution in [-0.2, 0) is 5.88 Å². The van der Waals surface area contributed by atoms with E-state index in [0.29, 0.717) is 0 Å². The van der Waals surface area contributed by atoms with Crippen molar-refractivity contribution < 1.29 is 13.2 Å². The fourth-order valence-corrected chi connectivity index (χ4v) is 0.937. The van der Waals surface area contributed by atoms with Crippen LogP contribution in [0.3, 0.4) is 0 Å². The molecule has 60 valence electrons. The molecule has 0 unspecified atom stereocenters. The molecule has 1 aromatic carbocycles. The van der Waals surface area contributed by atoms with E-state index in [-0.39, 0.29) is 5.88 Å². The molecule has 0 spiro atoms. The van der Waals surface area contributed by atoms with Crippen molar-refractivity contribution in [3.63, 3.8) is 0 Å². The largest absolute Gasteiger partial charge is 0.207 e. The zero-order valence-electron chi connectivity index (χ0n) is 5.37. The molecule has 0 bridgehead atoms. The minimum atomic E-state index is -1.21. The molecule has 0 heterocycles. The highest BCUT2D eigenvalue weighted by molar-refractivity contribution is 6.17. The molecule has 0 nitrogen and oxygen atoms in total. The van der Waals surface area contributed by atoms with Gasteiger partial charge in [0.2, 0.25) is 0 Å². The molecular weight excluding hydrogens is 177 g/mol. The van der Waals surface area contributed by atoms with Crippen LogP contribution in [0.1, 0.15) is 5.56 Å².